The lowest BCUT2D eigenvalue weighted by molar-refractivity contribution is 0.282. The maximum atomic E-state index is 6.04. The van der Waals surface area contributed by atoms with Gasteiger partial charge in [-0.25, -0.2) is 4.98 Å². The lowest BCUT2D eigenvalue weighted by Gasteiger charge is -2.25. The van der Waals surface area contributed by atoms with Gasteiger partial charge in [0.25, 0.3) is 0 Å². The van der Waals surface area contributed by atoms with Crippen LogP contribution in [0.1, 0.15) is 31.5 Å². The first kappa shape index (κ1) is 13.3. The molecule has 1 fully saturated rings. The highest BCUT2D eigenvalue weighted by atomic mass is 35.5. The molecule has 4 heteroatoms. The predicted molar refractivity (Wildman–Crippen MR) is 81.1 cm³/mol. The third-order valence-corrected chi connectivity index (χ3v) is 4.52. The van der Waals surface area contributed by atoms with Crippen LogP contribution in [-0.4, -0.2) is 15.4 Å². The molecule has 2 nitrogen and oxygen atoms in total. The van der Waals surface area contributed by atoms with Crippen molar-refractivity contribution in [3.8, 4) is 0 Å². The molecule has 0 spiro atoms. The molecule has 0 bridgehead atoms. The van der Waals surface area contributed by atoms with Crippen LogP contribution >= 0.6 is 23.2 Å². The molecule has 1 aliphatic rings. The normalized spacial score (nSPS) is 15.9. The van der Waals surface area contributed by atoms with Crippen molar-refractivity contribution in [2.24, 2.45) is 5.92 Å². The molecule has 0 amide bonds. The van der Waals surface area contributed by atoms with Crippen molar-refractivity contribution in [1.29, 1.82) is 0 Å². The first-order valence-electron chi connectivity index (χ1n) is 6.98. The Bertz CT molecular complexity index is 573. The summed E-state index contributed by atoms with van der Waals surface area (Å²) in [6.07, 6.45) is 6.26. The Morgan fingerprint density at radius 2 is 2.16 bits per heavy atom. The zero-order valence-electron chi connectivity index (χ0n) is 10.9. The van der Waals surface area contributed by atoms with Crippen LogP contribution in [0.15, 0.2) is 18.2 Å². The zero-order chi connectivity index (χ0) is 13.2. The Labute approximate surface area is 123 Å². The van der Waals surface area contributed by atoms with Crippen LogP contribution in [0, 0.1) is 5.92 Å². The Morgan fingerprint density at radius 3 is 2.84 bits per heavy atom. The second kappa shape index (κ2) is 5.72. The molecule has 3 rings (SSSR count). The van der Waals surface area contributed by atoms with E-state index in [1.807, 2.05) is 12.1 Å². The highest BCUT2D eigenvalue weighted by Gasteiger charge is 2.18. The number of hydrogen-bond acceptors (Lipinski definition) is 1. The Balaban J connectivity index is 1.90. The molecule has 1 heterocycles. The fourth-order valence-electron chi connectivity index (χ4n) is 2.77. The molecular weight excluding hydrogens is 279 g/mol. The monoisotopic (exact) mass is 296 g/mol. The molecule has 0 atom stereocenters. The summed E-state index contributed by atoms with van der Waals surface area (Å²) in [5.74, 6) is 2.61. The third kappa shape index (κ3) is 2.75. The first-order chi connectivity index (χ1) is 9.28. The Morgan fingerprint density at radius 1 is 1.32 bits per heavy atom. The van der Waals surface area contributed by atoms with Crippen LogP contribution in [0.2, 0.25) is 5.02 Å². The standard InChI is InChI=1S/C15H18Cl2N2/c16-8-6-15-18-13-10-12(17)4-5-14(13)19(15)9-7-11-2-1-3-11/h4-5,10-11H,1-3,6-9H2. The number of hydrogen-bond donors (Lipinski definition) is 0. The number of fused-ring (bicyclic) bond motifs is 1. The minimum atomic E-state index is 0.612. The van der Waals surface area contributed by atoms with Crippen LogP contribution in [-0.2, 0) is 13.0 Å². The minimum Gasteiger partial charge on any atom is -0.328 e. The van der Waals surface area contributed by atoms with Crippen molar-refractivity contribution in [3.63, 3.8) is 0 Å². The maximum Gasteiger partial charge on any atom is 0.111 e. The summed E-state index contributed by atoms with van der Waals surface area (Å²) in [5, 5.41) is 0.744. The van der Waals surface area contributed by atoms with Gasteiger partial charge in [-0.15, -0.1) is 11.6 Å². The van der Waals surface area contributed by atoms with Gasteiger partial charge >= 0.3 is 0 Å². The Kier molecular flexibility index (Phi) is 3.99. The lowest BCUT2D eigenvalue weighted by Crippen LogP contribution is -2.15. The van der Waals surface area contributed by atoms with Gasteiger partial charge in [0.1, 0.15) is 5.82 Å². The second-order valence-electron chi connectivity index (χ2n) is 5.34. The summed E-state index contributed by atoms with van der Waals surface area (Å²) in [4.78, 5) is 4.68. The summed E-state index contributed by atoms with van der Waals surface area (Å²) < 4.78 is 2.33. The molecule has 0 saturated heterocycles. The molecular formula is C15H18Cl2N2. The molecule has 1 aliphatic carbocycles. The molecule has 2 aromatic rings. The summed E-state index contributed by atoms with van der Waals surface area (Å²) in [7, 11) is 0. The van der Waals surface area contributed by atoms with Gasteiger partial charge < -0.3 is 4.57 Å². The number of alkyl halides is 1. The summed E-state index contributed by atoms with van der Waals surface area (Å²) in [5.41, 5.74) is 2.17. The molecule has 0 aliphatic heterocycles. The molecule has 1 saturated carbocycles. The summed E-state index contributed by atoms with van der Waals surface area (Å²) in [6.45, 7) is 1.05. The van der Waals surface area contributed by atoms with E-state index in [0.717, 1.165) is 35.2 Å². The van der Waals surface area contributed by atoms with Crippen molar-refractivity contribution in [2.45, 2.75) is 38.6 Å². The topological polar surface area (TPSA) is 17.8 Å². The molecule has 1 aromatic carbocycles. The molecule has 0 radical (unpaired) electrons. The summed E-state index contributed by atoms with van der Waals surface area (Å²) >= 11 is 11.9. The zero-order valence-corrected chi connectivity index (χ0v) is 12.4. The maximum absolute atomic E-state index is 6.04. The number of benzene rings is 1. The molecule has 19 heavy (non-hydrogen) atoms. The van der Waals surface area contributed by atoms with Crippen LogP contribution in [0.3, 0.4) is 0 Å². The van der Waals surface area contributed by atoms with Crippen LogP contribution in [0.25, 0.3) is 11.0 Å². The average molecular weight is 297 g/mol. The van der Waals surface area contributed by atoms with E-state index in [2.05, 4.69) is 15.6 Å². The van der Waals surface area contributed by atoms with Gasteiger partial charge in [-0.1, -0.05) is 30.9 Å². The Hall–Kier alpha value is -0.730. The van der Waals surface area contributed by atoms with Crippen LogP contribution in [0.5, 0.6) is 0 Å². The quantitative estimate of drug-likeness (QED) is 0.734. The van der Waals surface area contributed by atoms with E-state index in [9.17, 15) is 0 Å². The predicted octanol–water partition coefficient (Wildman–Crippen LogP) is 4.66. The van der Waals surface area contributed by atoms with Gasteiger partial charge in [0, 0.05) is 23.9 Å². The van der Waals surface area contributed by atoms with Gasteiger partial charge in [0.2, 0.25) is 0 Å². The number of aryl methyl sites for hydroxylation is 2. The number of halogens is 2. The van der Waals surface area contributed by atoms with E-state index in [1.165, 1.54) is 31.2 Å². The van der Waals surface area contributed by atoms with Crippen molar-refractivity contribution in [1.82, 2.24) is 9.55 Å². The largest absolute Gasteiger partial charge is 0.328 e. The van der Waals surface area contributed by atoms with Crippen molar-refractivity contribution < 1.29 is 0 Å². The molecule has 0 N–H and O–H groups in total. The van der Waals surface area contributed by atoms with Crippen LogP contribution < -0.4 is 0 Å². The number of rotatable bonds is 5. The van der Waals surface area contributed by atoms with E-state index in [1.54, 1.807) is 0 Å². The number of nitrogens with zero attached hydrogens (tertiary/aromatic N) is 2. The first-order valence-corrected chi connectivity index (χ1v) is 7.90. The van der Waals surface area contributed by atoms with E-state index in [0.29, 0.717) is 5.88 Å². The average Bonchev–Trinajstić information content (AvgIpc) is 2.65. The number of aromatic nitrogens is 2. The van der Waals surface area contributed by atoms with Crippen LogP contribution in [0.4, 0.5) is 0 Å². The fourth-order valence-corrected chi connectivity index (χ4v) is 3.11. The van der Waals surface area contributed by atoms with E-state index >= 15 is 0 Å². The van der Waals surface area contributed by atoms with Gasteiger partial charge in [0.15, 0.2) is 0 Å². The van der Waals surface area contributed by atoms with Crippen molar-refractivity contribution in [3.05, 3.63) is 29.0 Å². The highest BCUT2D eigenvalue weighted by Crippen LogP contribution is 2.31. The molecule has 1 aromatic heterocycles. The van der Waals surface area contributed by atoms with Crippen molar-refractivity contribution in [2.75, 3.05) is 5.88 Å². The van der Waals surface area contributed by atoms with E-state index in [4.69, 9.17) is 23.2 Å². The lowest BCUT2D eigenvalue weighted by atomic mass is 9.83. The van der Waals surface area contributed by atoms with Crippen molar-refractivity contribution >= 4 is 34.2 Å². The second-order valence-corrected chi connectivity index (χ2v) is 6.15. The summed E-state index contributed by atoms with van der Waals surface area (Å²) in [6, 6.07) is 5.95. The van der Waals surface area contributed by atoms with Gasteiger partial charge in [-0.2, -0.15) is 0 Å². The highest BCUT2D eigenvalue weighted by molar-refractivity contribution is 6.31. The van der Waals surface area contributed by atoms with Gasteiger partial charge in [-0.3, -0.25) is 0 Å². The van der Waals surface area contributed by atoms with Gasteiger partial charge in [0.05, 0.1) is 11.0 Å². The molecule has 0 unspecified atom stereocenters. The fraction of sp³-hybridized carbons (Fsp3) is 0.533. The smallest absolute Gasteiger partial charge is 0.111 e. The van der Waals surface area contributed by atoms with E-state index in [-0.39, 0.29) is 0 Å². The third-order valence-electron chi connectivity index (χ3n) is 4.09. The van der Waals surface area contributed by atoms with Gasteiger partial charge in [-0.05, 0) is 30.5 Å². The SMILES string of the molecule is ClCCc1nc2cc(Cl)ccc2n1CCC1CCC1. The van der Waals surface area contributed by atoms with E-state index < -0.39 is 0 Å². The number of imidazole rings is 1. The molecule has 102 valence electrons. The minimum absolute atomic E-state index is 0.612.